The van der Waals surface area contributed by atoms with E-state index < -0.39 is 0 Å². The fourth-order valence-electron chi connectivity index (χ4n) is 2.79. The average Bonchev–Trinajstić information content (AvgIpc) is 2.99. The van der Waals surface area contributed by atoms with Gasteiger partial charge in [-0.15, -0.1) is 0 Å². The Kier molecular flexibility index (Phi) is 3.49. The third kappa shape index (κ3) is 2.41. The molecule has 0 aliphatic carbocycles. The van der Waals surface area contributed by atoms with Crippen molar-refractivity contribution >= 4 is 28.4 Å². The molecule has 8 nitrogen and oxygen atoms in total. The van der Waals surface area contributed by atoms with Crippen LogP contribution < -0.4 is 15.0 Å². The molecule has 1 aromatic carbocycles. The molecule has 122 valence electrons. The number of nitrogens with zero attached hydrogens (tertiary/aromatic N) is 5. The molecule has 0 saturated heterocycles. The van der Waals surface area contributed by atoms with Gasteiger partial charge in [-0.1, -0.05) is 12.1 Å². The Morgan fingerprint density at radius 3 is 3.08 bits per heavy atom. The first-order chi connectivity index (χ1) is 11.7. The highest BCUT2D eigenvalue weighted by atomic mass is 16.5. The number of para-hydroxylation sites is 2. The van der Waals surface area contributed by atoms with Gasteiger partial charge in [0.15, 0.2) is 12.3 Å². The average molecular weight is 324 g/mol. The van der Waals surface area contributed by atoms with Gasteiger partial charge in [0.2, 0.25) is 0 Å². The predicted molar refractivity (Wildman–Crippen MR) is 89.1 cm³/mol. The number of rotatable bonds is 4. The van der Waals surface area contributed by atoms with Crippen molar-refractivity contribution in [1.82, 2.24) is 19.7 Å². The number of anilines is 2. The number of benzene rings is 1. The van der Waals surface area contributed by atoms with E-state index in [0.29, 0.717) is 18.9 Å². The Morgan fingerprint density at radius 1 is 1.29 bits per heavy atom. The van der Waals surface area contributed by atoms with Crippen molar-refractivity contribution in [3.05, 3.63) is 36.8 Å². The van der Waals surface area contributed by atoms with Gasteiger partial charge in [-0.25, -0.2) is 9.97 Å². The van der Waals surface area contributed by atoms with E-state index >= 15 is 0 Å². The molecule has 1 aliphatic heterocycles. The van der Waals surface area contributed by atoms with Crippen molar-refractivity contribution in [2.24, 2.45) is 7.05 Å². The molecular weight excluding hydrogens is 308 g/mol. The molecule has 1 aliphatic rings. The molecule has 0 radical (unpaired) electrons. The van der Waals surface area contributed by atoms with Crippen LogP contribution in [0.1, 0.15) is 0 Å². The largest absolute Gasteiger partial charge is 0.482 e. The lowest BCUT2D eigenvalue weighted by molar-refractivity contribution is -0.121. The van der Waals surface area contributed by atoms with Gasteiger partial charge in [-0.3, -0.25) is 9.48 Å². The van der Waals surface area contributed by atoms with E-state index in [0.717, 1.165) is 22.5 Å². The van der Waals surface area contributed by atoms with E-state index in [2.05, 4.69) is 20.4 Å². The highest BCUT2D eigenvalue weighted by Gasteiger charge is 2.24. The van der Waals surface area contributed by atoms with E-state index in [1.807, 2.05) is 31.3 Å². The zero-order chi connectivity index (χ0) is 16.5. The maximum absolute atomic E-state index is 12.1. The molecule has 3 heterocycles. The summed E-state index contributed by atoms with van der Waals surface area (Å²) in [6.07, 6.45) is 3.23. The van der Waals surface area contributed by atoms with Crippen LogP contribution in [0.2, 0.25) is 0 Å². The van der Waals surface area contributed by atoms with Crippen LogP contribution in [0.3, 0.4) is 0 Å². The minimum absolute atomic E-state index is 0.0512. The number of fused-ring (bicyclic) bond motifs is 2. The third-order valence-electron chi connectivity index (χ3n) is 3.97. The van der Waals surface area contributed by atoms with Crippen LogP contribution in [-0.4, -0.2) is 45.4 Å². The van der Waals surface area contributed by atoms with Gasteiger partial charge in [0.1, 0.15) is 17.9 Å². The fraction of sp³-hybridized carbons (Fsp3) is 0.250. The maximum atomic E-state index is 12.1. The van der Waals surface area contributed by atoms with Crippen LogP contribution >= 0.6 is 0 Å². The molecule has 8 heteroatoms. The Balaban J connectivity index is 1.50. The summed E-state index contributed by atoms with van der Waals surface area (Å²) in [4.78, 5) is 22.4. The van der Waals surface area contributed by atoms with Crippen LogP contribution in [0.5, 0.6) is 5.75 Å². The molecule has 1 N–H and O–H groups in total. The summed E-state index contributed by atoms with van der Waals surface area (Å²) < 4.78 is 7.15. The number of carbonyl (C=O) groups excluding carboxylic acids is 1. The second-order valence-electron chi connectivity index (χ2n) is 5.46. The van der Waals surface area contributed by atoms with Crippen molar-refractivity contribution in [1.29, 1.82) is 0 Å². The van der Waals surface area contributed by atoms with Crippen LogP contribution in [0.25, 0.3) is 11.0 Å². The fourth-order valence-corrected chi connectivity index (χ4v) is 2.79. The van der Waals surface area contributed by atoms with Gasteiger partial charge < -0.3 is 15.0 Å². The van der Waals surface area contributed by atoms with Gasteiger partial charge in [0, 0.05) is 20.1 Å². The molecule has 3 aromatic rings. The van der Waals surface area contributed by atoms with E-state index in [9.17, 15) is 4.79 Å². The van der Waals surface area contributed by atoms with Gasteiger partial charge >= 0.3 is 0 Å². The van der Waals surface area contributed by atoms with E-state index in [-0.39, 0.29) is 12.5 Å². The molecule has 4 rings (SSSR count). The van der Waals surface area contributed by atoms with Crippen molar-refractivity contribution in [3.63, 3.8) is 0 Å². The van der Waals surface area contributed by atoms with E-state index in [1.54, 1.807) is 15.8 Å². The number of aromatic nitrogens is 4. The Morgan fingerprint density at radius 2 is 2.17 bits per heavy atom. The zero-order valence-corrected chi connectivity index (χ0v) is 13.1. The molecular formula is C16H16N6O2. The van der Waals surface area contributed by atoms with Crippen LogP contribution in [0, 0.1) is 0 Å². The van der Waals surface area contributed by atoms with Gasteiger partial charge in [-0.2, -0.15) is 5.10 Å². The zero-order valence-electron chi connectivity index (χ0n) is 13.1. The second-order valence-corrected chi connectivity index (χ2v) is 5.46. The summed E-state index contributed by atoms with van der Waals surface area (Å²) in [6.45, 7) is 1.14. The van der Waals surface area contributed by atoms with Crippen molar-refractivity contribution in [2.45, 2.75) is 0 Å². The molecule has 0 bridgehead atoms. The van der Waals surface area contributed by atoms with E-state index in [1.165, 1.54) is 6.33 Å². The Bertz CT molecular complexity index is 906. The van der Waals surface area contributed by atoms with Crippen LogP contribution in [-0.2, 0) is 11.8 Å². The molecule has 0 atom stereocenters. The first kappa shape index (κ1) is 14.4. The molecule has 2 aromatic heterocycles. The molecule has 0 fully saturated rings. The Hall–Kier alpha value is -3.16. The minimum atomic E-state index is -0.0512. The SMILES string of the molecule is Cn1ncc2c(NCCN3C(=O)COc4ccccc43)ncnc21. The summed E-state index contributed by atoms with van der Waals surface area (Å²) in [5, 5.41) is 8.31. The molecule has 1 amide bonds. The molecule has 0 saturated carbocycles. The lowest BCUT2D eigenvalue weighted by atomic mass is 10.2. The number of aryl methyl sites for hydroxylation is 1. The third-order valence-corrected chi connectivity index (χ3v) is 3.97. The molecule has 24 heavy (non-hydrogen) atoms. The summed E-state index contributed by atoms with van der Waals surface area (Å²) in [5.74, 6) is 1.39. The highest BCUT2D eigenvalue weighted by molar-refractivity contribution is 5.97. The summed E-state index contributed by atoms with van der Waals surface area (Å²) in [7, 11) is 1.84. The topological polar surface area (TPSA) is 85.2 Å². The van der Waals surface area contributed by atoms with Gasteiger partial charge in [-0.05, 0) is 12.1 Å². The first-order valence-corrected chi connectivity index (χ1v) is 7.63. The molecule has 0 spiro atoms. The lowest BCUT2D eigenvalue weighted by Gasteiger charge is -2.29. The maximum Gasteiger partial charge on any atom is 0.265 e. The van der Waals surface area contributed by atoms with Crippen LogP contribution in [0.15, 0.2) is 36.8 Å². The number of nitrogens with one attached hydrogen (secondary N) is 1. The standard InChI is InChI=1S/C16H16N6O2/c1-21-16-11(8-20-21)15(18-10-19-16)17-6-7-22-12-4-2-3-5-13(12)24-9-14(22)23/h2-5,8,10H,6-7,9H2,1H3,(H,17,18,19). The predicted octanol–water partition coefficient (Wildman–Crippen LogP) is 1.20. The second kappa shape index (κ2) is 5.80. The van der Waals surface area contributed by atoms with Crippen molar-refractivity contribution < 1.29 is 9.53 Å². The minimum Gasteiger partial charge on any atom is -0.482 e. The first-order valence-electron chi connectivity index (χ1n) is 7.63. The number of carbonyl (C=O) groups is 1. The monoisotopic (exact) mass is 324 g/mol. The summed E-state index contributed by atoms with van der Waals surface area (Å²) in [5.41, 5.74) is 1.56. The summed E-state index contributed by atoms with van der Waals surface area (Å²) >= 11 is 0. The summed E-state index contributed by atoms with van der Waals surface area (Å²) in [6, 6.07) is 7.54. The lowest BCUT2D eigenvalue weighted by Crippen LogP contribution is -2.41. The normalized spacial score (nSPS) is 13.7. The smallest absolute Gasteiger partial charge is 0.265 e. The number of ether oxygens (including phenoxy) is 1. The Labute approximate surface area is 138 Å². The number of hydrogen-bond donors (Lipinski definition) is 1. The van der Waals surface area contributed by atoms with Crippen molar-refractivity contribution in [2.75, 3.05) is 29.9 Å². The van der Waals surface area contributed by atoms with Crippen LogP contribution in [0.4, 0.5) is 11.5 Å². The highest BCUT2D eigenvalue weighted by Crippen LogP contribution is 2.31. The quantitative estimate of drug-likeness (QED) is 0.776. The van der Waals surface area contributed by atoms with E-state index in [4.69, 9.17) is 4.74 Å². The molecule has 0 unspecified atom stereocenters. The van der Waals surface area contributed by atoms with Gasteiger partial charge in [0.25, 0.3) is 5.91 Å². The van der Waals surface area contributed by atoms with Crippen molar-refractivity contribution in [3.8, 4) is 5.75 Å². The van der Waals surface area contributed by atoms with Gasteiger partial charge in [0.05, 0.1) is 17.3 Å². The number of hydrogen-bond acceptors (Lipinski definition) is 6. The number of amides is 1.